The van der Waals surface area contributed by atoms with Crippen molar-refractivity contribution in [3.05, 3.63) is 59.7 Å². The van der Waals surface area contributed by atoms with E-state index in [0.29, 0.717) is 5.92 Å². The van der Waals surface area contributed by atoms with Crippen molar-refractivity contribution in [1.82, 2.24) is 0 Å². The van der Waals surface area contributed by atoms with Gasteiger partial charge >= 0.3 is 0 Å². The number of rotatable bonds is 4. The van der Waals surface area contributed by atoms with Crippen LogP contribution in [0.4, 0.5) is 0 Å². The average Bonchev–Trinajstić information content (AvgIpc) is 2.89. The van der Waals surface area contributed by atoms with Crippen LogP contribution >= 0.6 is 23.5 Å². The Morgan fingerprint density at radius 1 is 1.16 bits per heavy atom. The van der Waals surface area contributed by atoms with Crippen LogP contribution in [0.2, 0.25) is 0 Å². The highest BCUT2D eigenvalue weighted by molar-refractivity contribution is 8.00. The van der Waals surface area contributed by atoms with Crippen molar-refractivity contribution in [2.45, 2.75) is 15.7 Å². The summed E-state index contributed by atoms with van der Waals surface area (Å²) in [7, 11) is 0. The highest BCUT2D eigenvalue weighted by Gasteiger charge is 2.22. The molecule has 19 heavy (non-hydrogen) atoms. The van der Waals surface area contributed by atoms with Crippen LogP contribution in [0.1, 0.15) is 21.8 Å². The first-order valence-corrected chi connectivity index (χ1v) is 8.24. The number of aldehydes is 1. The number of fused-ring (bicyclic) bond motifs is 1. The standard InChI is InChI=1S/C16H14OS2/c17-9-12-5-7-14(8-6-12)18-10-13-11-19-16-4-2-1-3-15(13)16/h1-9,13H,10-11H2. The molecule has 1 aliphatic heterocycles. The van der Waals surface area contributed by atoms with E-state index in [1.165, 1.54) is 21.1 Å². The minimum Gasteiger partial charge on any atom is -0.298 e. The van der Waals surface area contributed by atoms with E-state index >= 15 is 0 Å². The lowest BCUT2D eigenvalue weighted by atomic mass is 10.0. The predicted molar refractivity (Wildman–Crippen MR) is 82.5 cm³/mol. The summed E-state index contributed by atoms with van der Waals surface area (Å²) in [4.78, 5) is 13.3. The number of thioether (sulfide) groups is 2. The Hall–Kier alpha value is -1.19. The fourth-order valence-corrected chi connectivity index (χ4v) is 4.63. The van der Waals surface area contributed by atoms with Gasteiger partial charge in [-0.3, -0.25) is 4.79 Å². The molecule has 0 aromatic heterocycles. The van der Waals surface area contributed by atoms with Crippen molar-refractivity contribution in [3.8, 4) is 0 Å². The smallest absolute Gasteiger partial charge is 0.150 e. The van der Waals surface area contributed by atoms with Gasteiger partial charge < -0.3 is 0 Å². The van der Waals surface area contributed by atoms with Crippen molar-refractivity contribution in [2.24, 2.45) is 0 Å². The van der Waals surface area contributed by atoms with E-state index in [-0.39, 0.29) is 0 Å². The zero-order valence-electron chi connectivity index (χ0n) is 10.4. The summed E-state index contributed by atoms with van der Waals surface area (Å²) in [6.45, 7) is 0. The molecule has 0 N–H and O–H groups in total. The molecule has 0 amide bonds. The Morgan fingerprint density at radius 2 is 1.95 bits per heavy atom. The maximum absolute atomic E-state index is 10.6. The van der Waals surface area contributed by atoms with Crippen LogP contribution in [0.5, 0.6) is 0 Å². The maximum Gasteiger partial charge on any atom is 0.150 e. The lowest BCUT2D eigenvalue weighted by molar-refractivity contribution is 0.112. The Kier molecular flexibility index (Phi) is 3.95. The Labute approximate surface area is 121 Å². The molecule has 0 saturated carbocycles. The van der Waals surface area contributed by atoms with Gasteiger partial charge in [0.15, 0.2) is 0 Å². The van der Waals surface area contributed by atoms with Crippen LogP contribution in [0.25, 0.3) is 0 Å². The second kappa shape index (κ2) is 5.85. The van der Waals surface area contributed by atoms with Gasteiger partial charge in [-0.15, -0.1) is 23.5 Å². The monoisotopic (exact) mass is 286 g/mol. The summed E-state index contributed by atoms with van der Waals surface area (Å²) < 4.78 is 0. The van der Waals surface area contributed by atoms with Crippen LogP contribution in [0.3, 0.4) is 0 Å². The molecule has 96 valence electrons. The quantitative estimate of drug-likeness (QED) is 0.609. The lowest BCUT2D eigenvalue weighted by Crippen LogP contribution is -1.99. The first-order chi connectivity index (χ1) is 9.36. The van der Waals surface area contributed by atoms with E-state index in [9.17, 15) is 4.79 Å². The number of carbonyl (C=O) groups is 1. The van der Waals surface area contributed by atoms with Gasteiger partial charge in [0, 0.05) is 32.8 Å². The third-order valence-electron chi connectivity index (χ3n) is 3.27. The molecule has 3 heteroatoms. The second-order valence-electron chi connectivity index (χ2n) is 4.54. The van der Waals surface area contributed by atoms with Crippen molar-refractivity contribution < 1.29 is 4.79 Å². The second-order valence-corrected chi connectivity index (χ2v) is 6.70. The molecule has 2 aromatic rings. The third kappa shape index (κ3) is 2.88. The summed E-state index contributed by atoms with van der Waals surface area (Å²) in [6, 6.07) is 16.5. The summed E-state index contributed by atoms with van der Waals surface area (Å²) in [6.07, 6.45) is 0.887. The molecular weight excluding hydrogens is 272 g/mol. The Morgan fingerprint density at radius 3 is 2.74 bits per heavy atom. The van der Waals surface area contributed by atoms with E-state index in [2.05, 4.69) is 24.3 Å². The first-order valence-electron chi connectivity index (χ1n) is 6.26. The highest BCUT2D eigenvalue weighted by Crippen LogP contribution is 2.41. The minimum absolute atomic E-state index is 0.636. The van der Waals surface area contributed by atoms with Gasteiger partial charge in [0.05, 0.1) is 0 Å². The maximum atomic E-state index is 10.6. The van der Waals surface area contributed by atoms with Crippen LogP contribution in [-0.2, 0) is 0 Å². The lowest BCUT2D eigenvalue weighted by Gasteiger charge is -2.10. The van der Waals surface area contributed by atoms with E-state index < -0.39 is 0 Å². The van der Waals surface area contributed by atoms with Crippen molar-refractivity contribution in [1.29, 1.82) is 0 Å². The molecule has 2 aromatic carbocycles. The van der Waals surface area contributed by atoms with E-state index in [4.69, 9.17) is 0 Å². The Balaban J connectivity index is 1.65. The summed E-state index contributed by atoms with van der Waals surface area (Å²) >= 11 is 3.83. The molecule has 0 fully saturated rings. The van der Waals surface area contributed by atoms with Gasteiger partial charge in [0.1, 0.15) is 6.29 Å². The molecule has 0 spiro atoms. The largest absolute Gasteiger partial charge is 0.298 e. The van der Waals surface area contributed by atoms with Crippen LogP contribution in [0.15, 0.2) is 58.3 Å². The first kappa shape index (κ1) is 12.8. The molecule has 1 aliphatic rings. The fourth-order valence-electron chi connectivity index (χ4n) is 2.21. The molecule has 1 nitrogen and oxygen atoms in total. The fraction of sp³-hybridized carbons (Fsp3) is 0.188. The predicted octanol–water partition coefficient (Wildman–Crippen LogP) is 4.48. The van der Waals surface area contributed by atoms with Gasteiger partial charge in [-0.05, 0) is 23.8 Å². The summed E-state index contributed by atoms with van der Waals surface area (Å²) in [5, 5.41) is 0. The summed E-state index contributed by atoms with van der Waals surface area (Å²) in [5.41, 5.74) is 2.23. The van der Waals surface area contributed by atoms with Gasteiger partial charge in [-0.2, -0.15) is 0 Å². The molecule has 1 heterocycles. The van der Waals surface area contributed by atoms with Gasteiger partial charge in [0.25, 0.3) is 0 Å². The molecule has 0 radical (unpaired) electrons. The molecule has 0 aliphatic carbocycles. The number of carbonyl (C=O) groups excluding carboxylic acids is 1. The van der Waals surface area contributed by atoms with Gasteiger partial charge in [-0.1, -0.05) is 30.3 Å². The van der Waals surface area contributed by atoms with Crippen molar-refractivity contribution in [2.75, 3.05) is 11.5 Å². The molecule has 1 unspecified atom stereocenters. The molecule has 0 saturated heterocycles. The SMILES string of the molecule is O=Cc1ccc(SCC2CSc3ccccc32)cc1. The van der Waals surface area contributed by atoms with Gasteiger partial charge in [-0.25, -0.2) is 0 Å². The van der Waals surface area contributed by atoms with Crippen LogP contribution in [-0.4, -0.2) is 17.8 Å². The third-order valence-corrected chi connectivity index (χ3v) is 5.69. The van der Waals surface area contributed by atoms with E-state index in [0.717, 1.165) is 17.6 Å². The van der Waals surface area contributed by atoms with E-state index in [1.807, 2.05) is 47.8 Å². The normalized spacial score (nSPS) is 17.2. The number of hydrogen-bond donors (Lipinski definition) is 0. The molecule has 0 bridgehead atoms. The zero-order chi connectivity index (χ0) is 13.1. The molecule has 3 rings (SSSR count). The van der Waals surface area contributed by atoms with Crippen LogP contribution < -0.4 is 0 Å². The van der Waals surface area contributed by atoms with Gasteiger partial charge in [0.2, 0.25) is 0 Å². The zero-order valence-corrected chi connectivity index (χ0v) is 12.0. The molecule has 1 atom stereocenters. The number of benzene rings is 2. The highest BCUT2D eigenvalue weighted by atomic mass is 32.2. The minimum atomic E-state index is 0.636. The topological polar surface area (TPSA) is 17.1 Å². The summed E-state index contributed by atoms with van der Waals surface area (Å²) in [5.74, 6) is 2.92. The average molecular weight is 286 g/mol. The van der Waals surface area contributed by atoms with Crippen molar-refractivity contribution >= 4 is 29.8 Å². The van der Waals surface area contributed by atoms with Crippen molar-refractivity contribution in [3.63, 3.8) is 0 Å². The molecular formula is C16H14OS2. The van der Waals surface area contributed by atoms with E-state index in [1.54, 1.807) is 0 Å². The number of hydrogen-bond acceptors (Lipinski definition) is 3. The van der Waals surface area contributed by atoms with Crippen LogP contribution in [0, 0.1) is 0 Å². The Bertz CT molecular complexity index is 578.